The van der Waals surface area contributed by atoms with E-state index in [0.29, 0.717) is 0 Å². The molecule has 0 aromatic rings. The van der Waals surface area contributed by atoms with E-state index in [2.05, 4.69) is 19.3 Å². The number of hydrogen-bond donors (Lipinski definition) is 1. The van der Waals surface area contributed by atoms with E-state index in [4.69, 9.17) is 0 Å². The van der Waals surface area contributed by atoms with Gasteiger partial charge in [0.1, 0.15) is 0 Å². The van der Waals surface area contributed by atoms with E-state index in [-0.39, 0.29) is 12.4 Å². The molecular formula is C8H17ClN-. The normalized spacial score (nSPS) is 33.0. The van der Waals surface area contributed by atoms with Crippen LogP contribution in [0, 0.1) is 5.92 Å². The van der Waals surface area contributed by atoms with E-state index >= 15 is 0 Å². The monoisotopic (exact) mass is 162 g/mol. The molecule has 0 aliphatic heterocycles. The second kappa shape index (κ2) is 4.97. The van der Waals surface area contributed by atoms with Gasteiger partial charge in [0.15, 0.2) is 0 Å². The van der Waals surface area contributed by atoms with Crippen LogP contribution in [0.15, 0.2) is 0 Å². The highest BCUT2D eigenvalue weighted by atomic mass is 35.5. The molecule has 1 nitrogen and oxygen atoms in total. The number of nitrogens with one attached hydrogen (secondary N) is 1. The largest absolute Gasteiger partial charge is 1.00 e. The SMILES string of the molecule is CNC1CCCCC1C.[Cl-]. The quantitative estimate of drug-likeness (QED) is 0.511. The molecule has 0 bridgehead atoms. The summed E-state index contributed by atoms with van der Waals surface area (Å²) in [4.78, 5) is 0. The fraction of sp³-hybridized carbons (Fsp3) is 1.00. The van der Waals surface area contributed by atoms with Crippen molar-refractivity contribution in [3.8, 4) is 0 Å². The first-order chi connectivity index (χ1) is 4.34. The van der Waals surface area contributed by atoms with E-state index in [9.17, 15) is 0 Å². The Kier molecular flexibility index (Phi) is 5.10. The molecule has 0 spiro atoms. The Morgan fingerprint density at radius 3 is 2.20 bits per heavy atom. The van der Waals surface area contributed by atoms with Gasteiger partial charge in [-0.1, -0.05) is 19.8 Å². The zero-order valence-corrected chi connectivity index (χ0v) is 7.62. The van der Waals surface area contributed by atoms with Crippen LogP contribution in [0.25, 0.3) is 0 Å². The third-order valence-corrected chi connectivity index (χ3v) is 2.48. The fourth-order valence-electron chi connectivity index (χ4n) is 1.75. The van der Waals surface area contributed by atoms with Crippen molar-refractivity contribution in [2.24, 2.45) is 5.92 Å². The third-order valence-electron chi connectivity index (χ3n) is 2.48. The molecule has 0 aromatic carbocycles. The van der Waals surface area contributed by atoms with Crippen molar-refractivity contribution in [1.82, 2.24) is 5.32 Å². The lowest BCUT2D eigenvalue weighted by Crippen LogP contribution is -3.00. The molecule has 0 heterocycles. The van der Waals surface area contributed by atoms with E-state index in [0.717, 1.165) is 12.0 Å². The standard InChI is InChI=1S/C8H17N.ClH/c1-7-5-3-4-6-8(7)9-2;/h7-9H,3-6H2,1-2H3;1H/p-1. The maximum atomic E-state index is 3.35. The molecule has 1 aliphatic carbocycles. The molecule has 1 saturated carbocycles. The maximum Gasteiger partial charge on any atom is 0.00896 e. The minimum atomic E-state index is 0. The molecule has 0 aromatic heterocycles. The summed E-state index contributed by atoms with van der Waals surface area (Å²) in [5.74, 6) is 0.906. The van der Waals surface area contributed by atoms with Gasteiger partial charge in [-0.05, 0) is 25.8 Å². The molecule has 2 atom stereocenters. The molecule has 1 N–H and O–H groups in total. The van der Waals surface area contributed by atoms with E-state index < -0.39 is 0 Å². The van der Waals surface area contributed by atoms with Gasteiger partial charge < -0.3 is 17.7 Å². The molecule has 1 aliphatic rings. The smallest absolute Gasteiger partial charge is 0.00896 e. The highest BCUT2D eigenvalue weighted by Gasteiger charge is 2.18. The van der Waals surface area contributed by atoms with Crippen molar-refractivity contribution < 1.29 is 12.4 Å². The van der Waals surface area contributed by atoms with Gasteiger partial charge in [-0.3, -0.25) is 0 Å². The molecule has 62 valence electrons. The van der Waals surface area contributed by atoms with Crippen molar-refractivity contribution in [2.75, 3.05) is 7.05 Å². The minimum Gasteiger partial charge on any atom is -1.00 e. The Hall–Kier alpha value is 0.250. The van der Waals surface area contributed by atoms with Gasteiger partial charge >= 0.3 is 0 Å². The first-order valence-corrected chi connectivity index (χ1v) is 4.02. The zero-order valence-electron chi connectivity index (χ0n) is 6.86. The molecule has 1 rings (SSSR count). The predicted molar refractivity (Wildman–Crippen MR) is 40.5 cm³/mol. The summed E-state index contributed by atoms with van der Waals surface area (Å²) in [7, 11) is 2.08. The van der Waals surface area contributed by atoms with Crippen LogP contribution in [0.1, 0.15) is 32.6 Å². The maximum absolute atomic E-state index is 3.35. The van der Waals surface area contributed by atoms with Crippen LogP contribution < -0.4 is 17.7 Å². The van der Waals surface area contributed by atoms with E-state index in [1.165, 1.54) is 25.7 Å². The Balaban J connectivity index is 0.000000810. The van der Waals surface area contributed by atoms with Crippen molar-refractivity contribution in [3.63, 3.8) is 0 Å². The lowest BCUT2D eigenvalue weighted by molar-refractivity contribution is -0.00000208. The average Bonchev–Trinajstić information content (AvgIpc) is 1.89. The minimum absolute atomic E-state index is 0. The Morgan fingerprint density at radius 1 is 1.20 bits per heavy atom. The Bertz CT molecular complexity index is 85.3. The second-order valence-corrected chi connectivity index (χ2v) is 3.16. The summed E-state index contributed by atoms with van der Waals surface area (Å²) in [5, 5.41) is 3.35. The highest BCUT2D eigenvalue weighted by Crippen LogP contribution is 2.22. The van der Waals surface area contributed by atoms with Crippen molar-refractivity contribution in [3.05, 3.63) is 0 Å². The lowest BCUT2D eigenvalue weighted by atomic mass is 9.86. The first kappa shape index (κ1) is 10.2. The first-order valence-electron chi connectivity index (χ1n) is 4.02. The molecule has 2 heteroatoms. The van der Waals surface area contributed by atoms with Gasteiger partial charge in [0.2, 0.25) is 0 Å². The van der Waals surface area contributed by atoms with Crippen molar-refractivity contribution in [1.29, 1.82) is 0 Å². The molecule has 1 fully saturated rings. The molecule has 0 saturated heterocycles. The van der Waals surface area contributed by atoms with Crippen LogP contribution in [-0.2, 0) is 0 Å². The molecule has 2 unspecified atom stereocenters. The summed E-state index contributed by atoms with van der Waals surface area (Å²) in [5.41, 5.74) is 0. The van der Waals surface area contributed by atoms with Crippen LogP contribution in [0.4, 0.5) is 0 Å². The van der Waals surface area contributed by atoms with Crippen LogP contribution in [-0.4, -0.2) is 13.1 Å². The third kappa shape index (κ3) is 2.47. The van der Waals surface area contributed by atoms with Gasteiger partial charge in [-0.15, -0.1) is 0 Å². The summed E-state index contributed by atoms with van der Waals surface area (Å²) in [6.45, 7) is 2.35. The number of rotatable bonds is 1. The van der Waals surface area contributed by atoms with E-state index in [1.807, 2.05) is 0 Å². The van der Waals surface area contributed by atoms with Crippen LogP contribution >= 0.6 is 0 Å². The molecule has 0 amide bonds. The zero-order chi connectivity index (χ0) is 6.69. The molecular weight excluding hydrogens is 146 g/mol. The topological polar surface area (TPSA) is 12.0 Å². The summed E-state index contributed by atoms with van der Waals surface area (Å²) in [6.07, 6.45) is 5.68. The fourth-order valence-corrected chi connectivity index (χ4v) is 1.75. The summed E-state index contributed by atoms with van der Waals surface area (Å²) >= 11 is 0. The Morgan fingerprint density at radius 2 is 1.80 bits per heavy atom. The van der Waals surface area contributed by atoms with Crippen LogP contribution in [0.2, 0.25) is 0 Å². The predicted octanol–water partition coefficient (Wildman–Crippen LogP) is -1.21. The van der Waals surface area contributed by atoms with Gasteiger partial charge in [0.25, 0.3) is 0 Å². The van der Waals surface area contributed by atoms with Crippen molar-refractivity contribution >= 4 is 0 Å². The second-order valence-electron chi connectivity index (χ2n) is 3.16. The Labute approximate surface area is 70.0 Å². The van der Waals surface area contributed by atoms with Gasteiger partial charge in [0.05, 0.1) is 0 Å². The summed E-state index contributed by atoms with van der Waals surface area (Å²) < 4.78 is 0. The van der Waals surface area contributed by atoms with Crippen LogP contribution in [0.5, 0.6) is 0 Å². The average molecular weight is 163 g/mol. The van der Waals surface area contributed by atoms with Gasteiger partial charge in [0, 0.05) is 6.04 Å². The number of halogens is 1. The summed E-state index contributed by atoms with van der Waals surface area (Å²) in [6, 6.07) is 0.804. The van der Waals surface area contributed by atoms with Gasteiger partial charge in [-0.25, -0.2) is 0 Å². The van der Waals surface area contributed by atoms with Gasteiger partial charge in [-0.2, -0.15) is 0 Å². The highest BCUT2D eigenvalue weighted by molar-refractivity contribution is 4.75. The van der Waals surface area contributed by atoms with E-state index in [1.54, 1.807) is 0 Å². The van der Waals surface area contributed by atoms with Crippen molar-refractivity contribution in [2.45, 2.75) is 38.6 Å². The lowest BCUT2D eigenvalue weighted by Gasteiger charge is -2.27. The van der Waals surface area contributed by atoms with Crippen LogP contribution in [0.3, 0.4) is 0 Å². The molecule has 10 heavy (non-hydrogen) atoms. The molecule has 0 radical (unpaired) electrons. The number of hydrogen-bond acceptors (Lipinski definition) is 1.